The second-order valence-electron chi connectivity index (χ2n) is 8.86. The molecule has 152 valence electrons. The molecule has 5 aromatic rings. The second-order valence-corrected chi connectivity index (χ2v) is 8.86. The minimum Gasteiger partial charge on any atom is -0.153 e. The number of rotatable bonds is 2. The molecule has 0 bridgehead atoms. The van der Waals surface area contributed by atoms with Crippen LogP contribution in [0.1, 0.15) is 27.8 Å². The van der Waals surface area contributed by atoms with Crippen LogP contribution in [-0.2, 0) is 0 Å². The van der Waals surface area contributed by atoms with Gasteiger partial charge in [-0.05, 0) is 63.4 Å². The Labute approximate surface area is 184 Å². The molecule has 31 heavy (non-hydrogen) atoms. The van der Waals surface area contributed by atoms with E-state index < -0.39 is 0 Å². The van der Waals surface area contributed by atoms with Crippen molar-refractivity contribution in [2.24, 2.45) is 0 Å². The van der Waals surface area contributed by atoms with Gasteiger partial charge in [-0.15, -0.1) is 0 Å². The molecule has 4 aromatic carbocycles. The lowest BCUT2D eigenvalue weighted by Crippen LogP contribution is -2.33. The van der Waals surface area contributed by atoms with Gasteiger partial charge in [0, 0.05) is 29.8 Å². The van der Waals surface area contributed by atoms with Crippen LogP contribution in [0.4, 0.5) is 0 Å². The summed E-state index contributed by atoms with van der Waals surface area (Å²) in [5, 5.41) is 2.61. The molecule has 1 nitrogen and oxygen atoms in total. The van der Waals surface area contributed by atoms with Crippen molar-refractivity contribution in [3.63, 3.8) is 0 Å². The van der Waals surface area contributed by atoms with Gasteiger partial charge in [-0.1, -0.05) is 59.2 Å². The third kappa shape index (κ3) is 3.21. The molecule has 0 aliphatic heterocycles. The summed E-state index contributed by atoms with van der Waals surface area (Å²) in [7, 11) is 0. The van der Waals surface area contributed by atoms with Gasteiger partial charge >= 0.3 is 0 Å². The monoisotopic (exact) mass is 402 g/mol. The number of hydrogen-bond donors (Lipinski definition) is 0. The molecule has 0 radical (unpaired) electrons. The number of aromatic nitrogens is 1. The molecule has 0 unspecified atom stereocenters. The van der Waals surface area contributed by atoms with Gasteiger partial charge in [0.05, 0.1) is 10.8 Å². The molecule has 0 atom stereocenters. The Balaban J connectivity index is 2.07. The number of fused-ring (bicyclic) bond motifs is 2. The fourth-order valence-electron chi connectivity index (χ4n) is 5.06. The molecular weight excluding hydrogens is 374 g/mol. The van der Waals surface area contributed by atoms with E-state index in [0.29, 0.717) is 0 Å². The van der Waals surface area contributed by atoms with Crippen molar-refractivity contribution in [3.05, 3.63) is 107 Å². The molecule has 0 N–H and O–H groups in total. The summed E-state index contributed by atoms with van der Waals surface area (Å²) in [4.78, 5) is 0. The second kappa shape index (κ2) is 7.35. The first-order valence-electron chi connectivity index (χ1n) is 11.0. The van der Waals surface area contributed by atoms with Crippen LogP contribution in [0.15, 0.2) is 78.9 Å². The van der Waals surface area contributed by atoms with E-state index in [1.807, 2.05) is 0 Å². The Morgan fingerprint density at radius 2 is 1.00 bits per heavy atom. The van der Waals surface area contributed by atoms with E-state index in [0.717, 1.165) is 0 Å². The van der Waals surface area contributed by atoms with Gasteiger partial charge in [-0.2, -0.15) is 4.57 Å². The maximum Gasteiger partial charge on any atom is 0.219 e. The smallest absolute Gasteiger partial charge is 0.153 e. The first kappa shape index (κ1) is 19.5. The van der Waals surface area contributed by atoms with E-state index >= 15 is 0 Å². The highest BCUT2D eigenvalue weighted by Gasteiger charge is 2.24. The number of hydrogen-bond acceptors (Lipinski definition) is 0. The van der Waals surface area contributed by atoms with Crippen molar-refractivity contribution in [1.82, 2.24) is 0 Å². The lowest BCUT2D eigenvalue weighted by molar-refractivity contribution is -0.537. The summed E-state index contributed by atoms with van der Waals surface area (Å²) >= 11 is 0. The van der Waals surface area contributed by atoms with Gasteiger partial charge in [0.2, 0.25) is 16.7 Å². The van der Waals surface area contributed by atoms with Crippen LogP contribution in [-0.4, -0.2) is 0 Å². The Bertz CT molecular complexity index is 1370. The zero-order chi connectivity index (χ0) is 21.7. The van der Waals surface area contributed by atoms with Gasteiger partial charge in [0.1, 0.15) is 0 Å². The molecular formula is C30H28N+. The molecule has 0 saturated heterocycles. The maximum absolute atomic E-state index is 2.41. The zero-order valence-electron chi connectivity index (χ0n) is 19.0. The Morgan fingerprint density at radius 1 is 0.484 bits per heavy atom. The highest BCUT2D eigenvalue weighted by Crippen LogP contribution is 2.39. The van der Waals surface area contributed by atoms with Gasteiger partial charge < -0.3 is 0 Å². The Hall–Kier alpha value is -3.45. The quantitative estimate of drug-likeness (QED) is 0.213. The number of pyridine rings is 1. The van der Waals surface area contributed by atoms with Crippen molar-refractivity contribution in [2.75, 3.05) is 0 Å². The zero-order valence-corrected chi connectivity index (χ0v) is 19.0. The van der Waals surface area contributed by atoms with Crippen LogP contribution in [0, 0.1) is 34.6 Å². The SMILES string of the molecule is Cc1cc(C)c(-c2c3cc(C)ccc3[n+](-c3ccccc3)c3ccc(C)cc23)c(C)c1. The number of para-hydroxylation sites is 1. The van der Waals surface area contributed by atoms with E-state index in [4.69, 9.17) is 0 Å². The van der Waals surface area contributed by atoms with E-state index in [-0.39, 0.29) is 0 Å². The first-order valence-corrected chi connectivity index (χ1v) is 11.0. The summed E-state index contributed by atoms with van der Waals surface area (Å²) < 4.78 is 2.41. The van der Waals surface area contributed by atoms with Gasteiger partial charge in [-0.25, -0.2) is 0 Å². The van der Waals surface area contributed by atoms with Crippen LogP contribution in [0.2, 0.25) is 0 Å². The summed E-state index contributed by atoms with van der Waals surface area (Å²) in [6.45, 7) is 11.0. The normalized spacial score (nSPS) is 11.4. The van der Waals surface area contributed by atoms with Gasteiger partial charge in [0.15, 0.2) is 0 Å². The van der Waals surface area contributed by atoms with Crippen LogP contribution in [0.3, 0.4) is 0 Å². The predicted octanol–water partition coefficient (Wildman–Crippen LogP) is 7.48. The molecule has 0 fully saturated rings. The molecule has 0 aliphatic carbocycles. The topological polar surface area (TPSA) is 3.88 Å². The third-order valence-corrected chi connectivity index (χ3v) is 6.27. The van der Waals surface area contributed by atoms with Crippen molar-refractivity contribution >= 4 is 21.8 Å². The Kier molecular flexibility index (Phi) is 4.63. The number of benzene rings is 4. The molecule has 1 heteroatoms. The average Bonchev–Trinajstić information content (AvgIpc) is 2.73. The highest BCUT2D eigenvalue weighted by molar-refractivity contribution is 6.09. The van der Waals surface area contributed by atoms with E-state index in [2.05, 4.69) is 118 Å². The standard InChI is InChI=1S/C30H28N/c1-19-11-13-27-25(17-19)30(29-22(4)15-21(3)16-23(29)5)26-18-20(2)12-14-28(26)31(27)24-9-7-6-8-10-24/h6-18H,1-5H3/q+1. The summed E-state index contributed by atoms with van der Waals surface area (Å²) in [5.41, 5.74) is 12.9. The predicted molar refractivity (Wildman–Crippen MR) is 132 cm³/mol. The number of nitrogens with zero attached hydrogens (tertiary/aromatic N) is 1. The molecule has 5 rings (SSSR count). The summed E-state index contributed by atoms with van der Waals surface area (Å²) in [6.07, 6.45) is 0. The lowest BCUT2D eigenvalue weighted by atomic mass is 9.88. The molecule has 1 heterocycles. The Morgan fingerprint density at radius 3 is 1.52 bits per heavy atom. The molecule has 1 aromatic heterocycles. The first-order chi connectivity index (χ1) is 14.9. The number of aryl methyl sites for hydroxylation is 5. The van der Waals surface area contributed by atoms with E-state index in [1.54, 1.807) is 0 Å². The minimum absolute atomic E-state index is 1.19. The molecule has 0 aliphatic rings. The van der Waals surface area contributed by atoms with Gasteiger partial charge in [-0.3, -0.25) is 0 Å². The highest BCUT2D eigenvalue weighted by atomic mass is 15.0. The van der Waals surface area contributed by atoms with Crippen molar-refractivity contribution in [1.29, 1.82) is 0 Å². The summed E-state index contributed by atoms with van der Waals surface area (Å²) in [6, 6.07) is 29.0. The van der Waals surface area contributed by atoms with Crippen molar-refractivity contribution < 1.29 is 4.57 Å². The molecule has 0 amide bonds. The van der Waals surface area contributed by atoms with Crippen molar-refractivity contribution in [3.8, 4) is 16.8 Å². The third-order valence-electron chi connectivity index (χ3n) is 6.27. The lowest BCUT2D eigenvalue weighted by Gasteiger charge is -2.17. The average molecular weight is 403 g/mol. The fourth-order valence-corrected chi connectivity index (χ4v) is 5.06. The maximum atomic E-state index is 2.41. The molecule has 0 spiro atoms. The van der Waals surface area contributed by atoms with E-state index in [9.17, 15) is 0 Å². The van der Waals surface area contributed by atoms with Crippen LogP contribution in [0.5, 0.6) is 0 Å². The van der Waals surface area contributed by atoms with Crippen LogP contribution < -0.4 is 4.57 Å². The summed E-state index contributed by atoms with van der Waals surface area (Å²) in [5.74, 6) is 0. The van der Waals surface area contributed by atoms with Crippen LogP contribution in [0.25, 0.3) is 38.6 Å². The minimum atomic E-state index is 1.19. The van der Waals surface area contributed by atoms with Gasteiger partial charge in [0.25, 0.3) is 0 Å². The van der Waals surface area contributed by atoms with E-state index in [1.165, 1.54) is 66.4 Å². The van der Waals surface area contributed by atoms with Crippen LogP contribution >= 0.6 is 0 Å². The fraction of sp³-hybridized carbons (Fsp3) is 0.167. The molecule has 0 saturated carbocycles. The van der Waals surface area contributed by atoms with Crippen molar-refractivity contribution in [2.45, 2.75) is 34.6 Å². The largest absolute Gasteiger partial charge is 0.219 e.